The number of nitrogens with one attached hydrogen (secondary N) is 1. The fraction of sp³-hybridized carbons (Fsp3) is 0.400. The van der Waals surface area contributed by atoms with Gasteiger partial charge in [0.05, 0.1) is 11.4 Å². The normalized spacial score (nSPS) is 10.8. The van der Waals surface area contributed by atoms with Crippen LogP contribution in [0.15, 0.2) is 24.3 Å². The van der Waals surface area contributed by atoms with Crippen LogP contribution in [0.3, 0.4) is 0 Å². The number of aromatic amines is 1. The molecule has 0 aliphatic rings. The number of hydrogen-bond donors (Lipinski definition) is 2. The Hall–Kier alpha value is -1.61. The van der Waals surface area contributed by atoms with Crippen molar-refractivity contribution >= 4 is 0 Å². The minimum Gasteiger partial charge on any atom is -0.345 e. The largest absolute Gasteiger partial charge is 0.345 e. The number of aryl methyl sites for hydroxylation is 2. The van der Waals surface area contributed by atoms with Gasteiger partial charge in [0.25, 0.3) is 0 Å². The van der Waals surface area contributed by atoms with Crippen molar-refractivity contribution in [3.05, 3.63) is 41.3 Å². The monoisotopic (exact) mass is 243 g/mol. The maximum absolute atomic E-state index is 5.73. The van der Waals surface area contributed by atoms with Crippen LogP contribution in [-0.4, -0.2) is 9.97 Å². The smallest absolute Gasteiger partial charge is 0.103 e. The Kier molecular flexibility index (Phi) is 4.15. The standard InChI is InChI=1S/C15H21N3/c1-3-4-5-12-6-8-13(9-7-12)15-14(10-16)17-11(2)18-15/h6-9H,3-5,10,16H2,1-2H3,(H,17,18). The highest BCUT2D eigenvalue weighted by molar-refractivity contribution is 5.62. The number of hydrogen-bond acceptors (Lipinski definition) is 2. The van der Waals surface area contributed by atoms with Gasteiger partial charge in [0.1, 0.15) is 5.82 Å². The van der Waals surface area contributed by atoms with Crippen LogP contribution in [0.4, 0.5) is 0 Å². The molecule has 0 saturated heterocycles. The topological polar surface area (TPSA) is 54.7 Å². The van der Waals surface area contributed by atoms with E-state index in [-0.39, 0.29) is 0 Å². The van der Waals surface area contributed by atoms with Crippen LogP contribution in [0.5, 0.6) is 0 Å². The van der Waals surface area contributed by atoms with E-state index in [1.807, 2.05) is 6.92 Å². The van der Waals surface area contributed by atoms with Crippen LogP contribution >= 0.6 is 0 Å². The van der Waals surface area contributed by atoms with Gasteiger partial charge >= 0.3 is 0 Å². The van der Waals surface area contributed by atoms with Crippen molar-refractivity contribution in [3.63, 3.8) is 0 Å². The molecular weight excluding hydrogens is 222 g/mol. The maximum Gasteiger partial charge on any atom is 0.103 e. The molecule has 3 N–H and O–H groups in total. The highest BCUT2D eigenvalue weighted by Crippen LogP contribution is 2.22. The van der Waals surface area contributed by atoms with E-state index in [9.17, 15) is 0 Å². The van der Waals surface area contributed by atoms with Crippen molar-refractivity contribution in [1.29, 1.82) is 0 Å². The molecule has 1 heterocycles. The van der Waals surface area contributed by atoms with Crippen LogP contribution in [0.25, 0.3) is 11.3 Å². The summed E-state index contributed by atoms with van der Waals surface area (Å²) in [6.45, 7) is 4.67. The Balaban J connectivity index is 2.22. The van der Waals surface area contributed by atoms with Gasteiger partial charge in [-0.25, -0.2) is 4.98 Å². The van der Waals surface area contributed by atoms with E-state index in [0.717, 1.165) is 29.2 Å². The molecule has 0 bridgehead atoms. The third-order valence-electron chi connectivity index (χ3n) is 3.15. The summed E-state index contributed by atoms with van der Waals surface area (Å²) < 4.78 is 0. The second kappa shape index (κ2) is 5.83. The fourth-order valence-corrected chi connectivity index (χ4v) is 2.14. The molecule has 1 aromatic carbocycles. The van der Waals surface area contributed by atoms with Gasteiger partial charge in [0, 0.05) is 12.1 Å². The number of rotatable bonds is 5. The van der Waals surface area contributed by atoms with Crippen molar-refractivity contribution in [2.24, 2.45) is 5.73 Å². The van der Waals surface area contributed by atoms with Gasteiger partial charge in [0.2, 0.25) is 0 Å². The van der Waals surface area contributed by atoms with E-state index in [2.05, 4.69) is 41.2 Å². The number of nitrogens with zero attached hydrogens (tertiary/aromatic N) is 1. The van der Waals surface area contributed by atoms with Gasteiger partial charge in [0.15, 0.2) is 0 Å². The minimum atomic E-state index is 0.494. The second-order valence-corrected chi connectivity index (χ2v) is 4.65. The molecule has 0 fully saturated rings. The second-order valence-electron chi connectivity index (χ2n) is 4.65. The first-order valence-corrected chi connectivity index (χ1v) is 6.59. The van der Waals surface area contributed by atoms with Gasteiger partial charge < -0.3 is 10.7 Å². The average molecular weight is 243 g/mol. The fourth-order valence-electron chi connectivity index (χ4n) is 2.14. The van der Waals surface area contributed by atoms with Gasteiger partial charge in [-0.05, 0) is 25.3 Å². The van der Waals surface area contributed by atoms with E-state index >= 15 is 0 Å². The van der Waals surface area contributed by atoms with E-state index < -0.39 is 0 Å². The molecule has 3 heteroatoms. The van der Waals surface area contributed by atoms with Crippen molar-refractivity contribution in [2.75, 3.05) is 0 Å². The molecular formula is C15H21N3. The number of unbranched alkanes of at least 4 members (excludes halogenated alkanes) is 1. The molecule has 3 nitrogen and oxygen atoms in total. The zero-order valence-electron chi connectivity index (χ0n) is 11.2. The Bertz CT molecular complexity index is 497. The van der Waals surface area contributed by atoms with Crippen LogP contribution in [0, 0.1) is 6.92 Å². The lowest BCUT2D eigenvalue weighted by atomic mass is 10.0. The number of aromatic nitrogens is 2. The minimum absolute atomic E-state index is 0.494. The van der Waals surface area contributed by atoms with E-state index in [1.54, 1.807) is 0 Å². The number of nitrogens with two attached hydrogens (primary N) is 1. The highest BCUT2D eigenvalue weighted by atomic mass is 14.9. The lowest BCUT2D eigenvalue weighted by molar-refractivity contribution is 0.795. The quantitative estimate of drug-likeness (QED) is 0.847. The molecule has 2 aromatic rings. The molecule has 0 amide bonds. The molecule has 0 spiro atoms. The summed E-state index contributed by atoms with van der Waals surface area (Å²) in [5.74, 6) is 0.917. The molecule has 96 valence electrons. The predicted molar refractivity (Wildman–Crippen MR) is 75.3 cm³/mol. The van der Waals surface area contributed by atoms with Crippen LogP contribution in [0.2, 0.25) is 0 Å². The van der Waals surface area contributed by atoms with Crippen molar-refractivity contribution in [3.8, 4) is 11.3 Å². The van der Waals surface area contributed by atoms with E-state index in [4.69, 9.17) is 5.73 Å². The molecule has 2 rings (SSSR count). The van der Waals surface area contributed by atoms with Crippen molar-refractivity contribution in [2.45, 2.75) is 39.7 Å². The van der Waals surface area contributed by atoms with Crippen molar-refractivity contribution in [1.82, 2.24) is 9.97 Å². The van der Waals surface area contributed by atoms with Crippen LogP contribution < -0.4 is 5.73 Å². The summed E-state index contributed by atoms with van der Waals surface area (Å²) in [7, 11) is 0. The molecule has 0 aliphatic heterocycles. The summed E-state index contributed by atoms with van der Waals surface area (Å²) in [6.07, 6.45) is 3.63. The lowest BCUT2D eigenvalue weighted by Crippen LogP contribution is -1.98. The molecule has 18 heavy (non-hydrogen) atoms. The zero-order chi connectivity index (χ0) is 13.0. The van der Waals surface area contributed by atoms with E-state index in [1.165, 1.54) is 18.4 Å². The van der Waals surface area contributed by atoms with Gasteiger partial charge in [-0.15, -0.1) is 0 Å². The Labute approximate surface area is 108 Å². The summed E-state index contributed by atoms with van der Waals surface area (Å²) in [5, 5.41) is 0. The average Bonchev–Trinajstić information content (AvgIpc) is 2.78. The molecule has 0 unspecified atom stereocenters. The summed E-state index contributed by atoms with van der Waals surface area (Å²) in [5.41, 5.74) is 10.2. The number of H-pyrrole nitrogens is 1. The van der Waals surface area contributed by atoms with Crippen molar-refractivity contribution < 1.29 is 0 Å². The Morgan fingerprint density at radius 2 is 1.94 bits per heavy atom. The SMILES string of the molecule is CCCCc1ccc(-c2nc(C)[nH]c2CN)cc1. The zero-order valence-corrected chi connectivity index (χ0v) is 11.2. The Morgan fingerprint density at radius 1 is 1.22 bits per heavy atom. The van der Waals surface area contributed by atoms with Gasteiger partial charge in [-0.3, -0.25) is 0 Å². The van der Waals surface area contributed by atoms with Gasteiger partial charge in [-0.2, -0.15) is 0 Å². The molecule has 0 radical (unpaired) electrons. The third-order valence-corrected chi connectivity index (χ3v) is 3.15. The summed E-state index contributed by atoms with van der Waals surface area (Å²) in [6, 6.07) is 8.66. The van der Waals surface area contributed by atoms with Crippen LogP contribution in [-0.2, 0) is 13.0 Å². The first kappa shape index (κ1) is 12.8. The first-order valence-electron chi connectivity index (χ1n) is 6.59. The number of benzene rings is 1. The molecule has 0 aliphatic carbocycles. The molecule has 0 saturated carbocycles. The number of imidazole rings is 1. The third kappa shape index (κ3) is 2.79. The summed E-state index contributed by atoms with van der Waals surface area (Å²) >= 11 is 0. The predicted octanol–water partition coefficient (Wildman–Crippen LogP) is 3.19. The van der Waals surface area contributed by atoms with Crippen LogP contribution in [0.1, 0.15) is 36.8 Å². The Morgan fingerprint density at radius 3 is 2.56 bits per heavy atom. The lowest BCUT2D eigenvalue weighted by Gasteiger charge is -2.03. The first-order chi connectivity index (χ1) is 8.74. The highest BCUT2D eigenvalue weighted by Gasteiger charge is 2.08. The van der Waals surface area contributed by atoms with E-state index in [0.29, 0.717) is 6.54 Å². The van der Waals surface area contributed by atoms with Gasteiger partial charge in [-0.1, -0.05) is 37.6 Å². The maximum atomic E-state index is 5.73. The summed E-state index contributed by atoms with van der Waals surface area (Å²) in [4.78, 5) is 7.71. The molecule has 0 atom stereocenters. The molecule has 1 aromatic heterocycles.